The van der Waals surface area contributed by atoms with E-state index in [1.165, 1.54) is 0 Å². The van der Waals surface area contributed by atoms with Gasteiger partial charge >= 0.3 is 0 Å². The minimum Gasteiger partial charge on any atom is -0.300 e. The van der Waals surface area contributed by atoms with Crippen molar-refractivity contribution in [2.45, 2.75) is 236 Å². The predicted octanol–water partition coefficient (Wildman–Crippen LogP) is 16.7. The highest BCUT2D eigenvalue weighted by Gasteiger charge is 2.38. The minimum atomic E-state index is -0.215. The van der Waals surface area contributed by atoms with Gasteiger partial charge in [0.2, 0.25) is 0 Å². The fourth-order valence-corrected chi connectivity index (χ4v) is 3.37. The lowest BCUT2D eigenvalue weighted by molar-refractivity contribution is -0.137. The van der Waals surface area contributed by atoms with Crippen molar-refractivity contribution in [1.29, 1.82) is 0 Å². The maximum atomic E-state index is 11.9. The molecule has 55 heavy (non-hydrogen) atoms. The van der Waals surface area contributed by atoms with Crippen LogP contribution >= 0.6 is 0 Å². The summed E-state index contributed by atoms with van der Waals surface area (Å²) in [5.74, 6) is 4.01. The van der Waals surface area contributed by atoms with Crippen molar-refractivity contribution in [3.05, 3.63) is 0 Å². The first-order chi connectivity index (χ1) is 22.6. The topological polar surface area (TPSA) is 68.3 Å². The van der Waals surface area contributed by atoms with E-state index in [4.69, 9.17) is 0 Å². The van der Waals surface area contributed by atoms with Gasteiger partial charge in [-0.1, -0.05) is 223 Å². The number of hydrogen-bond acceptors (Lipinski definition) is 4. The van der Waals surface area contributed by atoms with Crippen LogP contribution in [0.4, 0.5) is 0 Å². The van der Waals surface area contributed by atoms with Crippen LogP contribution in [0.1, 0.15) is 236 Å². The predicted molar refractivity (Wildman–Crippen MR) is 253 cm³/mol. The molecular weight excluding hydrogens is 677 g/mol. The lowest BCUT2D eigenvalue weighted by atomic mass is 9.63. The van der Waals surface area contributed by atoms with Gasteiger partial charge in [-0.15, -0.1) is 0 Å². The van der Waals surface area contributed by atoms with Crippen LogP contribution in [0.5, 0.6) is 0 Å². The lowest BCUT2D eigenvalue weighted by Crippen LogP contribution is -2.38. The summed E-state index contributed by atoms with van der Waals surface area (Å²) in [6, 6.07) is 0. The molecule has 0 aliphatic carbocycles. The molecule has 0 aromatic carbocycles. The van der Waals surface area contributed by atoms with E-state index in [1.807, 2.05) is 96.9 Å². The summed E-state index contributed by atoms with van der Waals surface area (Å²) in [5, 5.41) is 0. The van der Waals surface area contributed by atoms with Gasteiger partial charge in [0, 0.05) is 33.5 Å². The Morgan fingerprint density at radius 2 is 0.636 bits per heavy atom. The van der Waals surface area contributed by atoms with E-state index >= 15 is 0 Å². The Labute approximate surface area is 351 Å². The number of carbonyl (C=O) groups excluding carboxylic acids is 4. The zero-order valence-electron chi connectivity index (χ0n) is 42.6. The average molecular weight is 787 g/mol. The molecule has 0 fully saturated rings. The van der Waals surface area contributed by atoms with E-state index < -0.39 is 0 Å². The van der Waals surface area contributed by atoms with Crippen LogP contribution in [0.15, 0.2) is 0 Å². The molecule has 0 aromatic heterocycles. The summed E-state index contributed by atoms with van der Waals surface area (Å²) in [6.45, 7) is 66.6. The van der Waals surface area contributed by atoms with Crippen LogP contribution in [-0.4, -0.2) is 23.1 Å². The van der Waals surface area contributed by atoms with Gasteiger partial charge < -0.3 is 0 Å². The molecule has 0 unspecified atom stereocenters. The van der Waals surface area contributed by atoms with Gasteiger partial charge in [-0.3, -0.25) is 19.2 Å². The van der Waals surface area contributed by atoms with Crippen LogP contribution in [0.2, 0.25) is 0 Å². The molecule has 0 saturated heterocycles. The van der Waals surface area contributed by atoms with Crippen molar-refractivity contribution in [2.24, 2.45) is 73.4 Å². The Hall–Kier alpha value is -1.32. The van der Waals surface area contributed by atoms with Gasteiger partial charge in [0.1, 0.15) is 23.1 Å². The van der Waals surface area contributed by atoms with E-state index in [0.717, 1.165) is 11.8 Å². The van der Waals surface area contributed by atoms with Crippen LogP contribution in [0.3, 0.4) is 0 Å². The molecule has 0 heterocycles. The minimum absolute atomic E-state index is 0. The molecule has 0 aliphatic rings. The number of hydrogen-bond donors (Lipinski definition) is 0. The first-order valence-electron chi connectivity index (χ1n) is 20.7. The van der Waals surface area contributed by atoms with Gasteiger partial charge in [0.05, 0.1) is 0 Å². The summed E-state index contributed by atoms with van der Waals surface area (Å²) >= 11 is 0. The molecule has 0 rings (SSSR count). The number of ketones is 4. The zero-order chi connectivity index (χ0) is 45.3. The summed E-state index contributed by atoms with van der Waals surface area (Å²) in [6.07, 6.45) is 0. The van der Waals surface area contributed by atoms with Gasteiger partial charge in [0.15, 0.2) is 0 Å². The van der Waals surface area contributed by atoms with E-state index in [0.29, 0.717) is 39.6 Å². The maximum absolute atomic E-state index is 11.9. The number of Topliss-reactive ketones (excluding diaryl/α,β-unsaturated/α-hetero) is 4. The highest BCUT2D eigenvalue weighted by atomic mass is 16.1. The quantitative estimate of drug-likeness (QED) is 0.258. The molecule has 4 nitrogen and oxygen atoms in total. The zero-order valence-corrected chi connectivity index (χ0v) is 42.6. The molecule has 0 radical (unpaired) electrons. The molecule has 0 atom stereocenters. The van der Waals surface area contributed by atoms with Crippen LogP contribution in [-0.2, 0) is 19.2 Å². The van der Waals surface area contributed by atoms with E-state index in [1.54, 1.807) is 13.8 Å². The molecule has 0 aliphatic heterocycles. The summed E-state index contributed by atoms with van der Waals surface area (Å²) in [5.41, 5.74) is 0.647. The van der Waals surface area contributed by atoms with Gasteiger partial charge in [-0.25, -0.2) is 0 Å². The average Bonchev–Trinajstić information content (AvgIpc) is 2.91. The Bertz CT molecular complexity index is 1020. The van der Waals surface area contributed by atoms with Gasteiger partial charge in [-0.05, 0) is 53.8 Å². The molecule has 0 saturated carbocycles. The second-order valence-corrected chi connectivity index (χ2v) is 23.1. The van der Waals surface area contributed by atoms with Crippen molar-refractivity contribution >= 4 is 23.1 Å². The Balaban J connectivity index is -0.0000000807. The Kier molecular flexibility index (Phi) is 36.6. The fourth-order valence-electron chi connectivity index (χ4n) is 3.37. The fraction of sp³-hybridized carbons (Fsp3) is 0.922. The normalized spacial score (nSPS) is 12.3. The summed E-state index contributed by atoms with van der Waals surface area (Å²) < 4.78 is 0. The monoisotopic (exact) mass is 787 g/mol. The van der Waals surface area contributed by atoms with E-state index in [9.17, 15) is 19.2 Å². The van der Waals surface area contributed by atoms with Crippen LogP contribution in [0.25, 0.3) is 0 Å². The molecule has 338 valence electrons. The molecule has 0 amide bonds. The van der Waals surface area contributed by atoms with Gasteiger partial charge in [0.25, 0.3) is 0 Å². The second-order valence-electron chi connectivity index (χ2n) is 23.1. The standard InChI is InChI=1S/C11H22O.C10H22.2C8H16O.C7H16.C5H10O.2CH4/c1-8(2)11(6,7)9(12)10(3,4)5;1-8(2)10(6,7)9(3,4)5;1-6(2)7(9)8(3,4)5;1-6(2)8(4,5)7(3)9;1-6(2)7(3,4)5;1-4(2)5(3)6;;/h8H,1-7H3;8H,1-7H3;2*6H,1-5H3;6H,1-5H3;4H,1-3H3;2*1H4. The highest BCUT2D eigenvalue weighted by Crippen LogP contribution is 2.43. The van der Waals surface area contributed by atoms with Crippen LogP contribution in [0, 0.1) is 73.4 Å². The highest BCUT2D eigenvalue weighted by molar-refractivity contribution is 5.89. The van der Waals surface area contributed by atoms with E-state index in [-0.39, 0.29) is 59.9 Å². The number of rotatable bonds is 7. The third-order valence-electron chi connectivity index (χ3n) is 12.2. The third kappa shape index (κ3) is 33.4. The van der Waals surface area contributed by atoms with E-state index in [2.05, 4.69) is 111 Å². The summed E-state index contributed by atoms with van der Waals surface area (Å²) in [4.78, 5) is 44.1. The molecule has 0 N–H and O–H groups in total. The van der Waals surface area contributed by atoms with Crippen LogP contribution < -0.4 is 0 Å². The third-order valence-corrected chi connectivity index (χ3v) is 12.2. The van der Waals surface area contributed by atoms with Crippen molar-refractivity contribution < 1.29 is 19.2 Å². The SMILES string of the molecule is C.C.CC(=O)C(C)(C)C(C)C.CC(=O)C(C)C.CC(C)C(=O)C(C)(C)C.CC(C)C(C)(C)C.CC(C)C(C)(C)C(=O)C(C)(C)C.CC(C)C(C)(C)C(C)(C)C. The van der Waals surface area contributed by atoms with Crippen molar-refractivity contribution in [3.8, 4) is 0 Å². The Morgan fingerprint density at radius 3 is 0.655 bits per heavy atom. The van der Waals surface area contributed by atoms with Crippen molar-refractivity contribution in [1.82, 2.24) is 0 Å². The molecule has 4 heteroatoms. The smallest absolute Gasteiger partial charge is 0.144 e. The first-order valence-corrected chi connectivity index (χ1v) is 20.7. The first kappa shape index (κ1) is 71.4. The molecular formula is C51H110O4. The maximum Gasteiger partial charge on any atom is 0.144 e. The van der Waals surface area contributed by atoms with Crippen molar-refractivity contribution in [3.63, 3.8) is 0 Å². The van der Waals surface area contributed by atoms with Crippen molar-refractivity contribution in [2.75, 3.05) is 0 Å². The number of carbonyl (C=O) groups is 4. The largest absolute Gasteiger partial charge is 0.300 e. The summed E-state index contributed by atoms with van der Waals surface area (Å²) in [7, 11) is 0. The lowest BCUT2D eigenvalue weighted by Gasteiger charge is -2.42. The van der Waals surface area contributed by atoms with Gasteiger partial charge in [-0.2, -0.15) is 0 Å². The molecule has 0 bridgehead atoms. The second kappa shape index (κ2) is 28.2. The Morgan fingerprint density at radius 1 is 0.382 bits per heavy atom. The molecule has 0 aromatic rings. The molecule has 0 spiro atoms.